The molecule has 21 heavy (non-hydrogen) atoms. The molecular formula is C16H26N2O3. The van der Waals surface area contributed by atoms with Gasteiger partial charge in [0.1, 0.15) is 5.75 Å². The highest BCUT2D eigenvalue weighted by Gasteiger charge is 2.30. The van der Waals surface area contributed by atoms with Gasteiger partial charge in [-0.25, -0.2) is 4.79 Å². The smallest absolute Gasteiger partial charge is 0.315 e. The Morgan fingerprint density at radius 3 is 2.43 bits per heavy atom. The molecule has 5 heteroatoms. The summed E-state index contributed by atoms with van der Waals surface area (Å²) < 4.78 is 5.39. The highest BCUT2D eigenvalue weighted by molar-refractivity contribution is 5.75. The number of benzene rings is 1. The van der Waals surface area contributed by atoms with E-state index in [-0.39, 0.29) is 30.1 Å². The normalized spacial score (nSPS) is 14.2. The second kappa shape index (κ2) is 7.31. The van der Waals surface area contributed by atoms with Gasteiger partial charge in [0.2, 0.25) is 0 Å². The summed E-state index contributed by atoms with van der Waals surface area (Å²) in [5.41, 5.74) is 0.744. The first-order valence-corrected chi connectivity index (χ1v) is 7.10. The van der Waals surface area contributed by atoms with E-state index in [0.29, 0.717) is 0 Å². The number of aliphatic hydroxyl groups excluding tert-OH is 1. The van der Waals surface area contributed by atoms with E-state index in [1.165, 1.54) is 0 Å². The topological polar surface area (TPSA) is 70.6 Å². The van der Waals surface area contributed by atoms with Gasteiger partial charge in [-0.1, -0.05) is 39.0 Å². The number of carbonyl (C=O) groups excluding carboxylic acids is 1. The maximum Gasteiger partial charge on any atom is 0.315 e. The van der Waals surface area contributed by atoms with Gasteiger partial charge in [0.05, 0.1) is 25.8 Å². The SMILES string of the molecule is COc1ccccc1C(NC(=O)NC(C)CO)C(C)(C)C. The van der Waals surface area contributed by atoms with Crippen LogP contribution in [0, 0.1) is 5.41 Å². The Morgan fingerprint density at radius 1 is 1.29 bits per heavy atom. The molecule has 3 N–H and O–H groups in total. The van der Waals surface area contributed by atoms with E-state index in [1.807, 2.05) is 24.3 Å². The van der Waals surface area contributed by atoms with Crippen LogP contribution in [0.15, 0.2) is 24.3 Å². The van der Waals surface area contributed by atoms with Gasteiger partial charge >= 0.3 is 6.03 Å². The third-order valence-electron chi connectivity index (χ3n) is 3.24. The lowest BCUT2D eigenvalue weighted by molar-refractivity contribution is 0.203. The zero-order valence-corrected chi connectivity index (χ0v) is 13.4. The minimum atomic E-state index is -0.303. The number of para-hydroxylation sites is 1. The van der Waals surface area contributed by atoms with E-state index in [2.05, 4.69) is 31.4 Å². The van der Waals surface area contributed by atoms with Crippen LogP contribution in [0.25, 0.3) is 0 Å². The average Bonchev–Trinajstić information content (AvgIpc) is 2.43. The Labute approximate surface area is 126 Å². The van der Waals surface area contributed by atoms with Crippen LogP contribution in [0.2, 0.25) is 0 Å². The van der Waals surface area contributed by atoms with Crippen molar-refractivity contribution in [2.24, 2.45) is 5.41 Å². The zero-order valence-electron chi connectivity index (χ0n) is 13.4. The van der Waals surface area contributed by atoms with Crippen molar-refractivity contribution < 1.29 is 14.6 Å². The van der Waals surface area contributed by atoms with Crippen molar-refractivity contribution in [3.05, 3.63) is 29.8 Å². The molecule has 2 amide bonds. The van der Waals surface area contributed by atoms with E-state index >= 15 is 0 Å². The molecule has 1 rings (SSSR count). The predicted octanol–water partition coefficient (Wildman–Crippen LogP) is 2.46. The van der Waals surface area contributed by atoms with E-state index in [4.69, 9.17) is 9.84 Å². The first-order chi connectivity index (χ1) is 9.79. The van der Waals surface area contributed by atoms with Crippen LogP contribution < -0.4 is 15.4 Å². The fraction of sp³-hybridized carbons (Fsp3) is 0.562. The van der Waals surface area contributed by atoms with Gasteiger partial charge in [0, 0.05) is 5.56 Å². The van der Waals surface area contributed by atoms with Gasteiger partial charge in [-0.15, -0.1) is 0 Å². The summed E-state index contributed by atoms with van der Waals surface area (Å²) in [5.74, 6) is 0.743. The largest absolute Gasteiger partial charge is 0.496 e. The van der Waals surface area contributed by atoms with Crippen LogP contribution in [-0.4, -0.2) is 30.9 Å². The van der Waals surface area contributed by atoms with Gasteiger partial charge in [-0.05, 0) is 18.4 Å². The van der Waals surface area contributed by atoms with Crippen LogP contribution >= 0.6 is 0 Å². The molecule has 1 aromatic rings. The summed E-state index contributed by atoms with van der Waals surface area (Å²) in [4.78, 5) is 12.1. The Balaban J connectivity index is 3.00. The van der Waals surface area contributed by atoms with Crippen LogP contribution in [0.1, 0.15) is 39.3 Å². The number of hydrogen-bond donors (Lipinski definition) is 3. The van der Waals surface area contributed by atoms with Crippen LogP contribution in [-0.2, 0) is 0 Å². The Hall–Kier alpha value is -1.75. The molecule has 0 spiro atoms. The number of methoxy groups -OCH3 is 1. The molecule has 5 nitrogen and oxygen atoms in total. The molecule has 2 atom stereocenters. The van der Waals surface area contributed by atoms with Crippen molar-refractivity contribution in [3.8, 4) is 5.75 Å². The molecule has 1 aromatic carbocycles. The summed E-state index contributed by atoms with van der Waals surface area (Å²) in [6.07, 6.45) is 0. The van der Waals surface area contributed by atoms with Crippen LogP contribution in [0.3, 0.4) is 0 Å². The molecule has 0 aliphatic rings. The molecular weight excluding hydrogens is 268 g/mol. The Bertz CT molecular complexity index is 469. The van der Waals surface area contributed by atoms with Gasteiger partial charge in [0.25, 0.3) is 0 Å². The van der Waals surface area contributed by atoms with Gasteiger partial charge in [-0.3, -0.25) is 0 Å². The number of amides is 2. The van der Waals surface area contributed by atoms with Gasteiger partial charge in [0.15, 0.2) is 0 Å². The van der Waals surface area contributed by atoms with Crippen molar-refractivity contribution >= 4 is 6.03 Å². The number of carbonyl (C=O) groups is 1. The molecule has 0 fully saturated rings. The van der Waals surface area contributed by atoms with Crippen molar-refractivity contribution in [2.75, 3.05) is 13.7 Å². The number of urea groups is 1. The quantitative estimate of drug-likeness (QED) is 0.781. The highest BCUT2D eigenvalue weighted by Crippen LogP contribution is 2.37. The van der Waals surface area contributed by atoms with Crippen molar-refractivity contribution in [1.82, 2.24) is 10.6 Å². The standard InChI is InChI=1S/C16H26N2O3/c1-11(10-19)17-15(20)18-14(16(2,3)4)12-8-6-7-9-13(12)21-5/h6-9,11,14,19H,10H2,1-5H3,(H2,17,18,20). The molecule has 0 aromatic heterocycles. The van der Waals surface area contributed by atoms with Crippen LogP contribution in [0.5, 0.6) is 5.75 Å². The average molecular weight is 294 g/mol. The molecule has 118 valence electrons. The molecule has 0 saturated heterocycles. The minimum absolute atomic E-state index is 0.0950. The maximum absolute atomic E-state index is 12.1. The minimum Gasteiger partial charge on any atom is -0.496 e. The zero-order chi connectivity index (χ0) is 16.0. The Morgan fingerprint density at radius 2 is 1.90 bits per heavy atom. The van der Waals surface area contributed by atoms with E-state index in [0.717, 1.165) is 11.3 Å². The second-order valence-corrected chi connectivity index (χ2v) is 6.24. The summed E-state index contributed by atoms with van der Waals surface area (Å²) in [6, 6.07) is 6.85. The monoisotopic (exact) mass is 294 g/mol. The van der Waals surface area contributed by atoms with Crippen molar-refractivity contribution in [3.63, 3.8) is 0 Å². The molecule has 0 bridgehead atoms. The Kier molecular flexibility index (Phi) is 6.03. The molecule has 0 saturated carbocycles. The number of hydrogen-bond acceptors (Lipinski definition) is 3. The van der Waals surface area contributed by atoms with Crippen molar-refractivity contribution in [2.45, 2.75) is 39.8 Å². The lowest BCUT2D eigenvalue weighted by atomic mass is 9.82. The van der Waals surface area contributed by atoms with Crippen LogP contribution in [0.4, 0.5) is 4.79 Å². The summed E-state index contributed by atoms with van der Waals surface area (Å²) in [5, 5.41) is 14.7. The second-order valence-electron chi connectivity index (χ2n) is 6.24. The third kappa shape index (κ3) is 4.93. The van der Waals surface area contributed by atoms with E-state index in [9.17, 15) is 4.79 Å². The molecule has 2 unspecified atom stereocenters. The number of aliphatic hydroxyl groups is 1. The van der Waals surface area contributed by atoms with Gasteiger partial charge in [-0.2, -0.15) is 0 Å². The predicted molar refractivity (Wildman–Crippen MR) is 83.4 cm³/mol. The van der Waals surface area contributed by atoms with Crippen molar-refractivity contribution in [1.29, 1.82) is 0 Å². The van der Waals surface area contributed by atoms with E-state index in [1.54, 1.807) is 14.0 Å². The first kappa shape index (κ1) is 17.3. The number of nitrogens with one attached hydrogen (secondary N) is 2. The number of ether oxygens (including phenoxy) is 1. The maximum atomic E-state index is 12.1. The third-order valence-corrected chi connectivity index (χ3v) is 3.24. The summed E-state index contributed by atoms with van der Waals surface area (Å²) in [6.45, 7) is 7.82. The number of rotatable bonds is 5. The lowest BCUT2D eigenvalue weighted by Crippen LogP contribution is -2.46. The first-order valence-electron chi connectivity index (χ1n) is 7.10. The molecule has 0 heterocycles. The van der Waals surface area contributed by atoms with E-state index < -0.39 is 0 Å². The molecule has 0 aliphatic heterocycles. The summed E-state index contributed by atoms with van der Waals surface area (Å²) in [7, 11) is 1.62. The lowest BCUT2D eigenvalue weighted by Gasteiger charge is -2.33. The summed E-state index contributed by atoms with van der Waals surface area (Å²) >= 11 is 0. The fourth-order valence-electron chi connectivity index (χ4n) is 2.11. The fourth-order valence-corrected chi connectivity index (χ4v) is 2.11. The molecule has 0 aliphatic carbocycles. The van der Waals surface area contributed by atoms with Gasteiger partial charge < -0.3 is 20.5 Å². The molecule has 0 radical (unpaired) electrons. The highest BCUT2D eigenvalue weighted by atomic mass is 16.5.